The zero-order valence-corrected chi connectivity index (χ0v) is 13.5. The van der Waals surface area contributed by atoms with Crippen LogP contribution in [0.5, 0.6) is 0 Å². The monoisotopic (exact) mass is 328 g/mol. The van der Waals surface area contributed by atoms with E-state index in [0.29, 0.717) is 11.7 Å². The highest BCUT2D eigenvalue weighted by Crippen LogP contribution is 2.31. The topological polar surface area (TPSA) is 80.0 Å². The molecule has 1 saturated heterocycles. The van der Waals surface area contributed by atoms with Gasteiger partial charge in [-0.05, 0) is 19.2 Å². The van der Waals surface area contributed by atoms with E-state index in [2.05, 4.69) is 37.4 Å². The van der Waals surface area contributed by atoms with Gasteiger partial charge in [-0.15, -0.1) is 11.3 Å². The molecule has 1 aliphatic rings. The Hall–Kier alpha value is -2.16. The van der Waals surface area contributed by atoms with E-state index in [1.807, 2.05) is 18.2 Å². The predicted molar refractivity (Wildman–Crippen MR) is 86.9 cm³/mol. The molecule has 3 aromatic rings. The van der Waals surface area contributed by atoms with Gasteiger partial charge in [0.05, 0.1) is 17.9 Å². The minimum absolute atomic E-state index is 0.143. The van der Waals surface area contributed by atoms with Crippen LogP contribution in [0.3, 0.4) is 0 Å². The van der Waals surface area contributed by atoms with Gasteiger partial charge in [0.1, 0.15) is 9.88 Å². The van der Waals surface area contributed by atoms with Gasteiger partial charge in [-0.2, -0.15) is 4.98 Å². The van der Waals surface area contributed by atoms with E-state index in [9.17, 15) is 0 Å². The van der Waals surface area contributed by atoms with E-state index in [-0.39, 0.29) is 6.04 Å². The van der Waals surface area contributed by atoms with Crippen molar-refractivity contribution in [2.75, 3.05) is 26.7 Å². The lowest BCUT2D eigenvalue weighted by atomic mass is 10.2. The Morgan fingerprint density at radius 1 is 1.35 bits per heavy atom. The zero-order valence-electron chi connectivity index (χ0n) is 12.6. The fourth-order valence-electron chi connectivity index (χ4n) is 2.55. The molecule has 23 heavy (non-hydrogen) atoms. The third-order valence-corrected chi connectivity index (χ3v) is 4.86. The van der Waals surface area contributed by atoms with Crippen LogP contribution >= 0.6 is 11.3 Å². The average Bonchev–Trinajstić information content (AvgIpc) is 3.25. The van der Waals surface area contributed by atoms with Crippen LogP contribution in [0.15, 0.2) is 35.1 Å². The van der Waals surface area contributed by atoms with Crippen LogP contribution in [0.2, 0.25) is 0 Å². The zero-order chi connectivity index (χ0) is 15.6. The molecule has 1 N–H and O–H groups in total. The fourth-order valence-corrected chi connectivity index (χ4v) is 3.36. The molecule has 118 valence electrons. The standard InChI is InChI=1S/C15H16N6OS/c1-21-7-6-16-8-11(21)13-19-14(22-20-13)12-9-18-15(23-12)10-4-2-3-5-17-10/h2-5,9,11,16H,6-8H2,1H3. The molecule has 0 spiro atoms. The smallest absolute Gasteiger partial charge is 0.269 e. The number of pyridine rings is 1. The number of likely N-dealkylation sites (N-methyl/N-ethyl adjacent to an activating group) is 1. The molecule has 0 radical (unpaired) electrons. The molecule has 1 aliphatic heterocycles. The second-order valence-electron chi connectivity index (χ2n) is 5.40. The quantitative estimate of drug-likeness (QED) is 0.785. The van der Waals surface area contributed by atoms with Crippen LogP contribution in [-0.2, 0) is 0 Å². The van der Waals surface area contributed by atoms with Crippen molar-refractivity contribution in [3.05, 3.63) is 36.4 Å². The Morgan fingerprint density at radius 3 is 3.13 bits per heavy atom. The first-order chi connectivity index (χ1) is 11.3. The van der Waals surface area contributed by atoms with Gasteiger partial charge in [-0.3, -0.25) is 9.88 Å². The van der Waals surface area contributed by atoms with Crippen molar-refractivity contribution >= 4 is 11.3 Å². The van der Waals surface area contributed by atoms with Crippen molar-refractivity contribution in [2.24, 2.45) is 0 Å². The van der Waals surface area contributed by atoms with Crippen LogP contribution in [0.25, 0.3) is 21.5 Å². The van der Waals surface area contributed by atoms with E-state index >= 15 is 0 Å². The number of aromatic nitrogens is 4. The van der Waals surface area contributed by atoms with Crippen LogP contribution in [0, 0.1) is 0 Å². The summed E-state index contributed by atoms with van der Waals surface area (Å²) >= 11 is 1.50. The molecule has 8 heteroatoms. The summed E-state index contributed by atoms with van der Waals surface area (Å²) in [5.74, 6) is 1.22. The molecule has 4 rings (SSSR count). The van der Waals surface area contributed by atoms with E-state index in [1.54, 1.807) is 12.4 Å². The van der Waals surface area contributed by atoms with Crippen molar-refractivity contribution in [3.8, 4) is 21.5 Å². The van der Waals surface area contributed by atoms with Gasteiger partial charge in [0.25, 0.3) is 5.89 Å². The Morgan fingerprint density at radius 2 is 2.30 bits per heavy atom. The SMILES string of the molecule is CN1CCNCC1c1noc(-c2cnc(-c3ccccn3)s2)n1. The van der Waals surface area contributed by atoms with Crippen LogP contribution in [0.1, 0.15) is 11.9 Å². The van der Waals surface area contributed by atoms with Gasteiger partial charge in [0.2, 0.25) is 0 Å². The molecular weight excluding hydrogens is 312 g/mol. The van der Waals surface area contributed by atoms with Gasteiger partial charge in [-0.1, -0.05) is 11.2 Å². The van der Waals surface area contributed by atoms with Crippen molar-refractivity contribution in [1.29, 1.82) is 0 Å². The molecule has 0 aliphatic carbocycles. The summed E-state index contributed by atoms with van der Waals surface area (Å²) in [7, 11) is 2.08. The summed E-state index contributed by atoms with van der Waals surface area (Å²) in [6, 6.07) is 5.91. The van der Waals surface area contributed by atoms with E-state index < -0.39 is 0 Å². The van der Waals surface area contributed by atoms with Crippen molar-refractivity contribution in [2.45, 2.75) is 6.04 Å². The summed E-state index contributed by atoms with van der Waals surface area (Å²) in [5, 5.41) is 8.35. The molecule has 0 bridgehead atoms. The number of piperazine rings is 1. The Bertz CT molecular complexity index is 786. The minimum atomic E-state index is 0.143. The predicted octanol–water partition coefficient (Wildman–Crippen LogP) is 1.83. The molecule has 4 heterocycles. The lowest BCUT2D eigenvalue weighted by Gasteiger charge is -2.30. The van der Waals surface area contributed by atoms with Crippen LogP contribution in [-0.4, -0.2) is 51.7 Å². The average molecular weight is 328 g/mol. The lowest BCUT2D eigenvalue weighted by Crippen LogP contribution is -2.44. The maximum absolute atomic E-state index is 5.44. The summed E-state index contributed by atoms with van der Waals surface area (Å²) in [5.41, 5.74) is 0.847. The Kier molecular flexibility index (Phi) is 3.86. The summed E-state index contributed by atoms with van der Waals surface area (Å²) < 4.78 is 5.44. The molecule has 0 saturated carbocycles. The molecule has 3 aromatic heterocycles. The lowest BCUT2D eigenvalue weighted by molar-refractivity contribution is 0.190. The van der Waals surface area contributed by atoms with E-state index in [4.69, 9.17) is 4.52 Å². The number of hydrogen-bond donors (Lipinski definition) is 1. The number of thiazole rings is 1. The molecule has 1 unspecified atom stereocenters. The molecule has 0 aromatic carbocycles. The first-order valence-electron chi connectivity index (χ1n) is 7.43. The minimum Gasteiger partial charge on any atom is -0.333 e. The van der Waals surface area contributed by atoms with Gasteiger partial charge in [0.15, 0.2) is 5.82 Å². The first kappa shape index (κ1) is 14.4. The molecule has 1 fully saturated rings. The first-order valence-corrected chi connectivity index (χ1v) is 8.25. The number of hydrogen-bond acceptors (Lipinski definition) is 8. The second-order valence-corrected chi connectivity index (χ2v) is 6.43. The maximum Gasteiger partial charge on any atom is 0.269 e. The van der Waals surface area contributed by atoms with Gasteiger partial charge in [0, 0.05) is 25.8 Å². The Labute approximate surface area is 137 Å². The highest BCUT2D eigenvalue weighted by Gasteiger charge is 2.26. The van der Waals surface area contributed by atoms with Crippen LogP contribution < -0.4 is 5.32 Å². The Balaban J connectivity index is 1.59. The van der Waals surface area contributed by atoms with Crippen molar-refractivity contribution in [3.63, 3.8) is 0 Å². The van der Waals surface area contributed by atoms with Crippen LogP contribution in [0.4, 0.5) is 0 Å². The summed E-state index contributed by atoms with van der Waals surface area (Å²) in [6.07, 6.45) is 3.52. The normalized spacial score (nSPS) is 19.1. The summed E-state index contributed by atoms with van der Waals surface area (Å²) in [6.45, 7) is 2.79. The number of nitrogens with zero attached hydrogens (tertiary/aromatic N) is 5. The maximum atomic E-state index is 5.44. The van der Waals surface area contributed by atoms with Gasteiger partial charge in [-0.25, -0.2) is 4.98 Å². The summed E-state index contributed by atoms with van der Waals surface area (Å²) in [4.78, 5) is 16.4. The largest absolute Gasteiger partial charge is 0.333 e. The molecule has 0 amide bonds. The number of rotatable bonds is 3. The number of nitrogens with one attached hydrogen (secondary N) is 1. The van der Waals surface area contributed by atoms with Crippen molar-refractivity contribution in [1.82, 2.24) is 30.3 Å². The van der Waals surface area contributed by atoms with Crippen molar-refractivity contribution < 1.29 is 4.52 Å². The molecule has 1 atom stereocenters. The van der Waals surface area contributed by atoms with E-state index in [0.717, 1.165) is 35.2 Å². The van der Waals surface area contributed by atoms with Gasteiger partial charge >= 0.3 is 0 Å². The highest BCUT2D eigenvalue weighted by atomic mass is 32.1. The third kappa shape index (κ3) is 2.88. The van der Waals surface area contributed by atoms with Gasteiger partial charge < -0.3 is 9.84 Å². The second kappa shape index (κ2) is 6.15. The molecule has 7 nitrogen and oxygen atoms in total. The molecular formula is C15H16N6OS. The third-order valence-electron chi connectivity index (χ3n) is 3.85. The highest BCUT2D eigenvalue weighted by molar-refractivity contribution is 7.18. The van der Waals surface area contributed by atoms with E-state index in [1.165, 1.54) is 11.3 Å². The fraction of sp³-hybridized carbons (Fsp3) is 0.333.